The molecule has 0 spiro atoms. The van der Waals surface area contributed by atoms with Crippen molar-refractivity contribution in [2.24, 2.45) is 0 Å². The van der Waals surface area contributed by atoms with Crippen LogP contribution in [0.1, 0.15) is 5.01 Å². The highest BCUT2D eigenvalue weighted by Crippen LogP contribution is 2.22. The molecule has 0 radical (unpaired) electrons. The van der Waals surface area contributed by atoms with Crippen LogP contribution in [0.25, 0.3) is 20.4 Å². The first-order valence-electron chi connectivity index (χ1n) is 6.15. The summed E-state index contributed by atoms with van der Waals surface area (Å²) in [6, 6.07) is 16.1. The van der Waals surface area contributed by atoms with Crippen LogP contribution in [0.15, 0.2) is 48.5 Å². The number of thiazole rings is 2. The summed E-state index contributed by atoms with van der Waals surface area (Å²) in [4.78, 5) is 8.44. The second-order valence-electron chi connectivity index (χ2n) is 4.22. The third-order valence-electron chi connectivity index (χ3n) is 2.71. The lowest BCUT2D eigenvalue weighted by Gasteiger charge is -1.80. The molecule has 0 fully saturated rings. The Balaban J connectivity index is 0.000000121. The highest BCUT2D eigenvalue weighted by Gasteiger charge is 1.96. The van der Waals surface area contributed by atoms with E-state index < -0.39 is 0 Å². The van der Waals surface area contributed by atoms with Gasteiger partial charge in [-0.3, -0.25) is 0 Å². The Morgan fingerprint density at radius 2 is 1.35 bits per heavy atom. The van der Waals surface area contributed by atoms with Gasteiger partial charge in [-0.1, -0.05) is 35.6 Å². The number of aryl methyl sites for hydroxylation is 1. The molecule has 0 atom stereocenters. The Labute approximate surface area is 124 Å². The van der Waals surface area contributed by atoms with Crippen molar-refractivity contribution in [1.82, 2.24) is 9.97 Å². The Morgan fingerprint density at radius 1 is 0.800 bits per heavy atom. The first-order chi connectivity index (χ1) is 9.72. The van der Waals surface area contributed by atoms with E-state index in [1.165, 1.54) is 16.0 Å². The second kappa shape index (κ2) is 5.56. The normalized spacial score (nSPS) is 10.4. The van der Waals surface area contributed by atoms with E-state index in [0.29, 0.717) is 5.13 Å². The zero-order valence-corrected chi connectivity index (χ0v) is 12.5. The summed E-state index contributed by atoms with van der Waals surface area (Å²) in [5.41, 5.74) is 7.60. The predicted octanol–water partition coefficient (Wildman–Crippen LogP) is 4.48. The third-order valence-corrected chi connectivity index (χ3v) is 4.53. The summed E-state index contributed by atoms with van der Waals surface area (Å²) in [6.45, 7) is 2.03. The van der Waals surface area contributed by atoms with Gasteiger partial charge < -0.3 is 5.73 Å². The average molecular weight is 299 g/mol. The van der Waals surface area contributed by atoms with Gasteiger partial charge in [0, 0.05) is 0 Å². The summed E-state index contributed by atoms with van der Waals surface area (Å²) in [6.07, 6.45) is 0. The molecule has 0 aliphatic rings. The second-order valence-corrected chi connectivity index (χ2v) is 6.52. The molecule has 0 aliphatic carbocycles. The fourth-order valence-corrected chi connectivity index (χ4v) is 3.44. The van der Waals surface area contributed by atoms with Crippen LogP contribution >= 0.6 is 22.7 Å². The Bertz CT molecular complexity index is 710. The van der Waals surface area contributed by atoms with E-state index in [-0.39, 0.29) is 0 Å². The van der Waals surface area contributed by atoms with Gasteiger partial charge in [-0.15, -0.1) is 11.3 Å². The van der Waals surface area contributed by atoms with Gasteiger partial charge in [-0.2, -0.15) is 0 Å². The maximum Gasteiger partial charge on any atom is 0.181 e. The van der Waals surface area contributed by atoms with Gasteiger partial charge in [-0.25, -0.2) is 9.97 Å². The average Bonchev–Trinajstić information content (AvgIpc) is 2.99. The first-order valence-corrected chi connectivity index (χ1v) is 7.79. The monoisotopic (exact) mass is 299 g/mol. The molecule has 100 valence electrons. The summed E-state index contributed by atoms with van der Waals surface area (Å²) in [5, 5.41) is 1.78. The number of nitrogen functional groups attached to an aromatic ring is 1. The van der Waals surface area contributed by atoms with E-state index in [2.05, 4.69) is 16.0 Å². The van der Waals surface area contributed by atoms with E-state index in [1.807, 2.05) is 49.4 Å². The van der Waals surface area contributed by atoms with Crippen LogP contribution < -0.4 is 5.73 Å². The molecule has 0 unspecified atom stereocenters. The maximum atomic E-state index is 5.50. The van der Waals surface area contributed by atoms with Crippen molar-refractivity contribution in [2.45, 2.75) is 6.92 Å². The van der Waals surface area contributed by atoms with E-state index >= 15 is 0 Å². The predicted molar refractivity (Wildman–Crippen MR) is 88.4 cm³/mol. The van der Waals surface area contributed by atoms with Gasteiger partial charge in [0.15, 0.2) is 5.13 Å². The standard InChI is InChI=1S/C8H7NS.C7H6N2S/c1-6-9-7-4-2-3-5-8(7)10-6;8-7-9-5-3-1-2-4-6(5)10-7/h2-5H,1H3;1-4H,(H2,8,9). The lowest BCUT2D eigenvalue weighted by atomic mass is 10.3. The van der Waals surface area contributed by atoms with Crippen molar-refractivity contribution in [3.63, 3.8) is 0 Å². The smallest absolute Gasteiger partial charge is 0.181 e. The molecule has 5 heteroatoms. The van der Waals surface area contributed by atoms with Crippen LogP contribution in [-0.4, -0.2) is 9.97 Å². The van der Waals surface area contributed by atoms with Crippen LogP contribution in [0.4, 0.5) is 5.13 Å². The molecule has 3 nitrogen and oxygen atoms in total. The lowest BCUT2D eigenvalue weighted by molar-refractivity contribution is 1.35. The lowest BCUT2D eigenvalue weighted by Crippen LogP contribution is -1.78. The third kappa shape index (κ3) is 2.79. The molecular weight excluding hydrogens is 286 g/mol. The summed E-state index contributed by atoms with van der Waals surface area (Å²) in [5.74, 6) is 0. The molecule has 2 aromatic heterocycles. The molecule has 4 aromatic rings. The van der Waals surface area contributed by atoms with Crippen molar-refractivity contribution < 1.29 is 0 Å². The number of nitrogens with two attached hydrogens (primary N) is 1. The fourth-order valence-electron chi connectivity index (χ4n) is 1.88. The van der Waals surface area contributed by atoms with Crippen molar-refractivity contribution in [1.29, 1.82) is 0 Å². The molecule has 0 saturated heterocycles. The largest absolute Gasteiger partial charge is 0.375 e. The van der Waals surface area contributed by atoms with Gasteiger partial charge >= 0.3 is 0 Å². The van der Waals surface area contributed by atoms with Gasteiger partial charge in [0.25, 0.3) is 0 Å². The molecule has 0 aliphatic heterocycles. The van der Waals surface area contributed by atoms with Gasteiger partial charge in [0.2, 0.25) is 0 Å². The van der Waals surface area contributed by atoms with Crippen LogP contribution in [0.2, 0.25) is 0 Å². The molecule has 2 aromatic carbocycles. The van der Waals surface area contributed by atoms with Crippen LogP contribution in [0.3, 0.4) is 0 Å². The van der Waals surface area contributed by atoms with Crippen molar-refractivity contribution in [3.8, 4) is 0 Å². The quantitative estimate of drug-likeness (QED) is 0.520. The Hall–Kier alpha value is -1.98. The Morgan fingerprint density at radius 3 is 1.95 bits per heavy atom. The summed E-state index contributed by atoms with van der Waals surface area (Å²) < 4.78 is 2.43. The van der Waals surface area contributed by atoms with Gasteiger partial charge in [-0.05, 0) is 31.2 Å². The van der Waals surface area contributed by atoms with Crippen LogP contribution in [0.5, 0.6) is 0 Å². The molecule has 2 N–H and O–H groups in total. The van der Waals surface area contributed by atoms with E-state index in [9.17, 15) is 0 Å². The van der Waals surface area contributed by atoms with Crippen molar-refractivity contribution in [2.75, 3.05) is 5.73 Å². The number of fused-ring (bicyclic) bond motifs is 2. The number of nitrogens with zero attached hydrogens (tertiary/aromatic N) is 2. The maximum absolute atomic E-state index is 5.50. The molecule has 20 heavy (non-hydrogen) atoms. The molecule has 2 heterocycles. The summed E-state index contributed by atoms with van der Waals surface area (Å²) >= 11 is 3.26. The van der Waals surface area contributed by atoms with Crippen LogP contribution in [-0.2, 0) is 0 Å². The number of para-hydroxylation sites is 2. The van der Waals surface area contributed by atoms with Gasteiger partial charge in [0.05, 0.1) is 25.4 Å². The van der Waals surface area contributed by atoms with Crippen molar-refractivity contribution in [3.05, 3.63) is 53.5 Å². The van der Waals surface area contributed by atoms with Crippen LogP contribution in [0, 0.1) is 6.92 Å². The number of rotatable bonds is 0. The van der Waals surface area contributed by atoms with Crippen molar-refractivity contribution >= 4 is 48.2 Å². The number of aromatic nitrogens is 2. The number of hydrogen-bond donors (Lipinski definition) is 1. The molecular formula is C15H13N3S2. The topological polar surface area (TPSA) is 51.8 Å². The fraction of sp³-hybridized carbons (Fsp3) is 0.0667. The molecule has 4 rings (SSSR count). The summed E-state index contributed by atoms with van der Waals surface area (Å²) in [7, 11) is 0. The highest BCUT2D eigenvalue weighted by atomic mass is 32.1. The van der Waals surface area contributed by atoms with E-state index in [4.69, 9.17) is 5.73 Å². The number of benzene rings is 2. The zero-order chi connectivity index (χ0) is 13.9. The first kappa shape index (κ1) is 13.0. The Kier molecular flexibility index (Phi) is 3.62. The molecule has 0 saturated carbocycles. The molecule has 0 bridgehead atoms. The minimum absolute atomic E-state index is 0.640. The van der Waals surface area contributed by atoms with E-state index in [1.54, 1.807) is 11.3 Å². The minimum Gasteiger partial charge on any atom is -0.375 e. The highest BCUT2D eigenvalue weighted by molar-refractivity contribution is 7.22. The minimum atomic E-state index is 0.640. The zero-order valence-electron chi connectivity index (χ0n) is 10.9. The number of hydrogen-bond acceptors (Lipinski definition) is 5. The van der Waals surface area contributed by atoms with Gasteiger partial charge in [0.1, 0.15) is 0 Å². The SMILES string of the molecule is Cc1nc2ccccc2s1.Nc1nc2ccccc2s1. The number of anilines is 1. The molecule has 0 amide bonds. The van der Waals surface area contributed by atoms with E-state index in [0.717, 1.165) is 20.7 Å².